The van der Waals surface area contributed by atoms with E-state index in [9.17, 15) is 40.3 Å². The normalized spacial score (nSPS) is 20.8. The second-order valence-electron chi connectivity index (χ2n) is 16.4. The molecule has 0 bridgehead atoms. The van der Waals surface area contributed by atoms with Gasteiger partial charge in [0.15, 0.2) is 11.5 Å². The predicted molar refractivity (Wildman–Crippen MR) is 205 cm³/mol. The molecule has 4 heterocycles. The Morgan fingerprint density at radius 2 is 1.77 bits per heavy atom. The van der Waals surface area contributed by atoms with Crippen LogP contribution in [0.1, 0.15) is 65.1 Å². The molecule has 5 aromatic rings. The Balaban J connectivity index is 1.17. The molecule has 2 aromatic carbocycles. The third-order valence-corrected chi connectivity index (χ3v) is 12.4. The van der Waals surface area contributed by atoms with Gasteiger partial charge in [-0.15, -0.1) is 0 Å². The highest BCUT2D eigenvalue weighted by atomic mass is 35.5. The molecule has 2 saturated carbocycles. The summed E-state index contributed by atoms with van der Waals surface area (Å²) >= 11 is 6.60. The lowest BCUT2D eigenvalue weighted by Crippen LogP contribution is -2.60. The molecule has 61 heavy (non-hydrogen) atoms. The number of pyridine rings is 1. The Kier molecular flexibility index (Phi) is 9.37. The van der Waals surface area contributed by atoms with E-state index >= 15 is 8.78 Å². The van der Waals surface area contributed by atoms with Crippen molar-refractivity contribution in [2.24, 2.45) is 18.4 Å². The zero-order chi connectivity index (χ0) is 43.6. The number of fused-ring (bicyclic) bond motifs is 4. The van der Waals surface area contributed by atoms with Crippen LogP contribution in [0.25, 0.3) is 22.0 Å². The minimum absolute atomic E-state index is 0.00350. The van der Waals surface area contributed by atoms with Crippen molar-refractivity contribution in [3.8, 4) is 23.0 Å². The molecule has 0 radical (unpaired) electrons. The van der Waals surface area contributed by atoms with E-state index in [1.807, 2.05) is 0 Å². The van der Waals surface area contributed by atoms with Crippen molar-refractivity contribution in [1.82, 2.24) is 29.9 Å². The van der Waals surface area contributed by atoms with Crippen LogP contribution in [-0.2, 0) is 51.7 Å². The van der Waals surface area contributed by atoms with E-state index in [0.717, 1.165) is 18.4 Å². The predicted octanol–water partition coefficient (Wildman–Crippen LogP) is 6.36. The number of rotatable bonds is 9. The number of aliphatic hydroxyl groups is 1. The van der Waals surface area contributed by atoms with Gasteiger partial charge in [-0.3, -0.25) is 18.9 Å². The quantitative estimate of drug-likeness (QED) is 0.114. The number of hydrogen-bond donors (Lipinski definition) is 3. The lowest BCUT2D eigenvalue weighted by Gasteiger charge is -2.55. The number of nitrogens with one attached hydrogen (secondary N) is 2. The second kappa shape index (κ2) is 13.9. The molecule has 4 aliphatic rings. The first-order chi connectivity index (χ1) is 28.5. The Labute approximate surface area is 347 Å². The van der Waals surface area contributed by atoms with Gasteiger partial charge in [0.1, 0.15) is 35.2 Å². The van der Waals surface area contributed by atoms with E-state index in [1.165, 1.54) is 23.9 Å². The largest absolute Gasteiger partial charge is 0.435 e. The number of carbonyl (C=O) groups is 1. The van der Waals surface area contributed by atoms with Crippen molar-refractivity contribution in [1.29, 1.82) is 0 Å². The van der Waals surface area contributed by atoms with Gasteiger partial charge in [0.2, 0.25) is 15.9 Å². The summed E-state index contributed by atoms with van der Waals surface area (Å²) in [5, 5.41) is 21.8. The van der Waals surface area contributed by atoms with Gasteiger partial charge in [0.05, 0.1) is 47.1 Å². The number of carbonyl (C=O) groups excluding carboxylic acids is 1. The number of alkyl halides is 5. The van der Waals surface area contributed by atoms with Crippen molar-refractivity contribution >= 4 is 44.3 Å². The third kappa shape index (κ3) is 7.38. The van der Waals surface area contributed by atoms with E-state index in [4.69, 9.17) is 21.3 Å². The molecule has 1 aliphatic heterocycles. The number of amides is 1. The minimum atomic E-state index is -5.09. The molecule has 21 heteroatoms. The number of aryl methyl sites for hydroxylation is 1. The number of halogens is 8. The minimum Gasteiger partial charge on any atom is -0.380 e. The highest BCUT2D eigenvalue weighted by Gasteiger charge is 2.68. The monoisotopic (exact) mass is 891 g/mol. The summed E-state index contributed by atoms with van der Waals surface area (Å²) in [6.45, 7) is -0.125. The Morgan fingerprint density at radius 3 is 2.41 bits per heavy atom. The van der Waals surface area contributed by atoms with Gasteiger partial charge in [-0.1, -0.05) is 23.6 Å². The standard InChI is InChI=1S/C40H33ClF7N7O5S/c1-54-33-24(5-6-27(41)31(33)36(52-54)53-61(2,58)59)23-4-3-22(7-8-38(57)15-37(16-38)17-60-18-37)49-32(23)28(11-19-9-20(42)12-21(43)10-19)50-29(56)14-55-35-30(34(51-55)40(46,47)48)25-13-26(25)39(35,44)45/h3-6,9-10,12,25-26,28,57H,11,13-18H2,1-2H3,(H,50,56)(H,52,53)/t25-,26+,28-/m0/s1. The van der Waals surface area contributed by atoms with Crippen LogP contribution < -0.4 is 10.0 Å². The van der Waals surface area contributed by atoms with Crippen LogP contribution in [0.3, 0.4) is 0 Å². The molecule has 3 fully saturated rings. The zero-order valence-corrected chi connectivity index (χ0v) is 33.5. The summed E-state index contributed by atoms with van der Waals surface area (Å²) in [5.41, 5.74) is -3.84. The summed E-state index contributed by atoms with van der Waals surface area (Å²) in [6.07, 6.45) is -4.03. The number of sulfonamides is 1. The van der Waals surface area contributed by atoms with Crippen LogP contribution in [0.2, 0.25) is 5.02 Å². The van der Waals surface area contributed by atoms with Crippen molar-refractivity contribution in [3.63, 3.8) is 0 Å². The van der Waals surface area contributed by atoms with Gasteiger partial charge in [-0.25, -0.2) is 22.2 Å². The number of ether oxygens (including phenoxy) is 1. The maximum atomic E-state index is 15.5. The maximum absolute atomic E-state index is 15.5. The second-order valence-corrected chi connectivity index (χ2v) is 18.5. The van der Waals surface area contributed by atoms with Crippen LogP contribution in [-0.4, -0.2) is 69.0 Å². The van der Waals surface area contributed by atoms with Crippen molar-refractivity contribution in [3.05, 3.63) is 93.0 Å². The van der Waals surface area contributed by atoms with Crippen molar-refractivity contribution in [2.75, 3.05) is 24.2 Å². The van der Waals surface area contributed by atoms with Gasteiger partial charge in [0, 0.05) is 41.1 Å². The van der Waals surface area contributed by atoms with Crippen LogP contribution in [0, 0.1) is 34.8 Å². The Hall–Kier alpha value is -5.23. The first kappa shape index (κ1) is 41.1. The number of benzene rings is 2. The lowest BCUT2D eigenvalue weighted by atomic mass is 9.58. The van der Waals surface area contributed by atoms with Gasteiger partial charge in [-0.2, -0.15) is 32.1 Å². The van der Waals surface area contributed by atoms with Crippen LogP contribution >= 0.6 is 11.6 Å². The highest BCUT2D eigenvalue weighted by Crippen LogP contribution is 2.68. The van der Waals surface area contributed by atoms with E-state index in [0.29, 0.717) is 42.4 Å². The van der Waals surface area contributed by atoms with Gasteiger partial charge >= 0.3 is 6.18 Å². The molecular formula is C40H33ClF7N7O5S. The van der Waals surface area contributed by atoms with Crippen LogP contribution in [0.5, 0.6) is 0 Å². The average molecular weight is 892 g/mol. The van der Waals surface area contributed by atoms with Crippen LogP contribution in [0.4, 0.5) is 36.6 Å². The molecule has 320 valence electrons. The Bertz CT molecular complexity index is 2840. The number of nitrogens with zero attached hydrogens (tertiary/aromatic N) is 5. The molecule has 3 aromatic heterocycles. The fourth-order valence-electron chi connectivity index (χ4n) is 9.08. The summed E-state index contributed by atoms with van der Waals surface area (Å²) in [6, 6.07) is 7.26. The first-order valence-electron chi connectivity index (χ1n) is 18.8. The Morgan fingerprint density at radius 1 is 1.08 bits per heavy atom. The molecule has 1 saturated heterocycles. The number of aromatic nitrogens is 5. The summed E-state index contributed by atoms with van der Waals surface area (Å²) in [4.78, 5) is 18.8. The van der Waals surface area contributed by atoms with Gasteiger partial charge in [0.25, 0.3) is 5.92 Å². The van der Waals surface area contributed by atoms with E-state index in [2.05, 4.69) is 32.1 Å². The smallest absolute Gasteiger partial charge is 0.380 e. The zero-order valence-electron chi connectivity index (χ0n) is 32.0. The number of hydrogen-bond acceptors (Lipinski definition) is 8. The molecule has 3 N–H and O–H groups in total. The SMILES string of the molecule is Cn1nc(NS(C)(=O)=O)c2c(Cl)ccc(-c3ccc(C#CC4(O)CC5(COC5)C4)nc3[C@H](Cc3cc(F)cc(F)c3)NC(=O)Cn3nc(C(F)(F)F)c4c3C(F)(F)[C@@H]3C[C@H]43)c21. The molecule has 1 amide bonds. The maximum Gasteiger partial charge on any atom is 0.435 e. The first-order valence-corrected chi connectivity index (χ1v) is 21.1. The molecule has 0 unspecified atom stereocenters. The fourth-order valence-corrected chi connectivity index (χ4v) is 9.82. The average Bonchev–Trinajstić information content (AvgIpc) is 3.66. The van der Waals surface area contributed by atoms with E-state index in [1.54, 1.807) is 12.1 Å². The highest BCUT2D eigenvalue weighted by molar-refractivity contribution is 7.92. The van der Waals surface area contributed by atoms with Gasteiger partial charge in [-0.05, 0) is 73.4 Å². The molecule has 1 spiro atoms. The molecule has 9 rings (SSSR count). The van der Waals surface area contributed by atoms with Crippen LogP contribution in [0.15, 0.2) is 42.5 Å². The van der Waals surface area contributed by atoms with Crippen molar-refractivity contribution < 1.29 is 53.8 Å². The number of anilines is 1. The van der Waals surface area contributed by atoms with E-state index in [-0.39, 0.29) is 56.1 Å². The van der Waals surface area contributed by atoms with Gasteiger partial charge < -0.3 is 15.2 Å². The molecule has 12 nitrogen and oxygen atoms in total. The lowest BCUT2D eigenvalue weighted by molar-refractivity contribution is -0.219. The summed E-state index contributed by atoms with van der Waals surface area (Å²) in [5.74, 6) is -3.55. The summed E-state index contributed by atoms with van der Waals surface area (Å²) in [7, 11) is -2.35. The molecule has 3 aliphatic carbocycles. The molecule has 3 atom stereocenters. The topological polar surface area (TPSA) is 153 Å². The van der Waals surface area contributed by atoms with Crippen molar-refractivity contribution in [2.45, 2.75) is 61.9 Å². The fraction of sp³-hybridized carbons (Fsp3) is 0.400. The summed E-state index contributed by atoms with van der Waals surface area (Å²) < 4.78 is 136. The van der Waals surface area contributed by atoms with E-state index < -0.39 is 93.1 Å². The third-order valence-electron chi connectivity index (χ3n) is 11.5. The molecular weight excluding hydrogens is 859 g/mol.